The third kappa shape index (κ3) is 7.66. The van der Waals surface area contributed by atoms with Gasteiger partial charge in [0.15, 0.2) is 0 Å². The number of carboxylic acid groups (broad SMARTS) is 1. The minimum atomic E-state index is -5.08. The van der Waals surface area contributed by atoms with Crippen molar-refractivity contribution >= 4 is 42.4 Å². The van der Waals surface area contributed by atoms with Gasteiger partial charge in [0.25, 0.3) is 0 Å². The second-order valence-corrected chi connectivity index (χ2v) is 12.6. The number of methoxy groups -OCH3 is 1. The Labute approximate surface area is 245 Å². The number of fused-ring (bicyclic) bond motifs is 1. The Bertz CT molecular complexity index is 1750. The van der Waals surface area contributed by atoms with Crippen molar-refractivity contribution in [2.24, 2.45) is 0 Å². The van der Waals surface area contributed by atoms with Crippen molar-refractivity contribution < 1.29 is 45.0 Å². The van der Waals surface area contributed by atoms with Gasteiger partial charge in [0.05, 0.1) is 17.5 Å². The smallest absolute Gasteiger partial charge is 0.480 e. The molecule has 0 bridgehead atoms. The first kappa shape index (κ1) is 31.8. The Morgan fingerprint density at radius 1 is 1.02 bits per heavy atom. The van der Waals surface area contributed by atoms with E-state index in [1.807, 2.05) is 18.2 Å². The maximum absolute atomic E-state index is 14.2. The number of hydrogen-bond acceptors (Lipinski definition) is 10. The number of carbonyl (C=O) groups is 1. The van der Waals surface area contributed by atoms with Crippen LogP contribution in [-0.2, 0) is 13.7 Å². The molecule has 5 rings (SSSR count). The topological polar surface area (TPSA) is 135 Å². The molecule has 4 aromatic rings. The van der Waals surface area contributed by atoms with Crippen LogP contribution >= 0.6 is 10.8 Å². The third-order valence-corrected chi connectivity index (χ3v) is 9.28. The molecule has 1 aliphatic heterocycles. The van der Waals surface area contributed by atoms with Gasteiger partial charge in [-0.15, -0.1) is 0 Å². The largest absolute Gasteiger partial charge is 0.490 e. The van der Waals surface area contributed by atoms with Crippen molar-refractivity contribution in [3.8, 4) is 17.0 Å². The number of alkyl halides is 3. The van der Waals surface area contributed by atoms with E-state index in [1.54, 1.807) is 18.6 Å². The number of benzene rings is 2. The summed E-state index contributed by atoms with van der Waals surface area (Å²) in [6, 6.07) is 9.63. The molecule has 1 saturated heterocycles. The summed E-state index contributed by atoms with van der Waals surface area (Å²) in [5.74, 6) is -3.89. The average Bonchev–Trinajstić information content (AvgIpc) is 2.96. The molecule has 2 aromatic heterocycles. The molecule has 10 nitrogen and oxygen atoms in total. The van der Waals surface area contributed by atoms with Crippen LogP contribution in [0.3, 0.4) is 0 Å². The monoisotopic (exact) mass is 643 g/mol. The number of aromatic nitrogens is 3. The predicted molar refractivity (Wildman–Crippen MR) is 147 cm³/mol. The van der Waals surface area contributed by atoms with E-state index in [2.05, 4.69) is 25.2 Å². The summed E-state index contributed by atoms with van der Waals surface area (Å²) in [5, 5.41) is 11.3. The fraction of sp³-hybridized carbons (Fsp3) is 0.231. The van der Waals surface area contributed by atoms with Crippen LogP contribution in [0.25, 0.3) is 22.0 Å². The van der Waals surface area contributed by atoms with Gasteiger partial charge >= 0.3 is 12.1 Å². The van der Waals surface area contributed by atoms with E-state index in [0.29, 0.717) is 22.4 Å². The number of nitrogens with one attached hydrogen (secondary N) is 1. The second kappa shape index (κ2) is 13.0. The van der Waals surface area contributed by atoms with Gasteiger partial charge in [-0.1, -0.05) is 6.07 Å². The first-order valence-corrected chi connectivity index (χ1v) is 15.1. The molecule has 228 valence electrons. The van der Waals surface area contributed by atoms with E-state index in [-0.39, 0.29) is 10.8 Å². The summed E-state index contributed by atoms with van der Waals surface area (Å²) in [6.45, 7) is 3.35. The van der Waals surface area contributed by atoms with Crippen molar-refractivity contribution in [3.05, 3.63) is 66.6 Å². The molecule has 1 fully saturated rings. The highest BCUT2D eigenvalue weighted by Crippen LogP contribution is 2.39. The molecule has 0 aliphatic carbocycles. The molecule has 2 aromatic carbocycles. The number of ether oxygens (including phenoxy) is 1. The molecular formula is C26H22F5N5O5S2. The Morgan fingerprint density at radius 3 is 2.35 bits per heavy atom. The molecule has 3 heterocycles. The van der Waals surface area contributed by atoms with Gasteiger partial charge in [-0.25, -0.2) is 36.9 Å². The van der Waals surface area contributed by atoms with Crippen molar-refractivity contribution in [1.82, 2.24) is 20.3 Å². The number of halogens is 5. The fourth-order valence-electron chi connectivity index (χ4n) is 4.00. The van der Waals surface area contributed by atoms with Gasteiger partial charge < -0.3 is 20.1 Å². The maximum atomic E-state index is 14.2. The Kier molecular flexibility index (Phi) is 9.66. The van der Waals surface area contributed by atoms with Gasteiger partial charge in [-0.2, -0.15) is 13.2 Å². The van der Waals surface area contributed by atoms with Crippen molar-refractivity contribution in [1.29, 1.82) is 0 Å². The van der Waals surface area contributed by atoms with Gasteiger partial charge in [-0.3, -0.25) is 0 Å². The zero-order valence-corrected chi connectivity index (χ0v) is 23.7. The summed E-state index contributed by atoms with van der Waals surface area (Å²) < 4.78 is 90.4. The van der Waals surface area contributed by atoms with E-state index < -0.39 is 37.5 Å². The molecule has 1 aliphatic rings. The van der Waals surface area contributed by atoms with Gasteiger partial charge in [0, 0.05) is 60.2 Å². The lowest BCUT2D eigenvalue weighted by molar-refractivity contribution is -0.192. The van der Waals surface area contributed by atoms with Crippen molar-refractivity contribution in [2.75, 3.05) is 38.2 Å². The first-order chi connectivity index (χ1) is 20.3. The second-order valence-electron chi connectivity index (χ2n) is 8.81. The molecule has 2 N–H and O–H groups in total. The quantitative estimate of drug-likeness (QED) is 0.227. The van der Waals surface area contributed by atoms with Crippen LogP contribution in [0.5, 0.6) is 5.88 Å². The van der Waals surface area contributed by atoms with E-state index in [1.165, 1.54) is 7.11 Å². The normalized spacial score (nSPS) is 13.8. The molecule has 0 spiro atoms. The molecule has 0 amide bonds. The number of nitrogens with zero attached hydrogens (tertiary/aromatic N) is 4. The lowest BCUT2D eigenvalue weighted by Gasteiger charge is -2.29. The van der Waals surface area contributed by atoms with Gasteiger partial charge in [-0.05, 0) is 35.9 Å². The maximum Gasteiger partial charge on any atom is 0.490 e. The minimum Gasteiger partial charge on any atom is -0.480 e. The minimum absolute atomic E-state index is 0.0699. The molecule has 0 saturated carbocycles. The molecule has 43 heavy (non-hydrogen) atoms. The van der Waals surface area contributed by atoms with Crippen LogP contribution in [0.15, 0.2) is 64.8 Å². The van der Waals surface area contributed by atoms with E-state index in [0.717, 1.165) is 60.6 Å². The summed E-state index contributed by atoms with van der Waals surface area (Å²) >= 11 is 0. The molecule has 0 atom stereocenters. The lowest BCUT2D eigenvalue weighted by atomic mass is 10.0. The Hall–Kier alpha value is -4.09. The Morgan fingerprint density at radius 2 is 1.72 bits per heavy atom. The van der Waals surface area contributed by atoms with E-state index >= 15 is 0 Å². The Balaban J connectivity index is 0.000000541. The zero-order valence-electron chi connectivity index (χ0n) is 22.1. The number of anilines is 1. The lowest BCUT2D eigenvalue weighted by Crippen LogP contribution is -2.44. The zero-order chi connectivity index (χ0) is 31.4. The van der Waals surface area contributed by atoms with Gasteiger partial charge in [0.2, 0.25) is 14.7 Å². The fourth-order valence-corrected chi connectivity index (χ4v) is 6.98. The van der Waals surface area contributed by atoms with Crippen LogP contribution in [0.4, 0.5) is 27.8 Å². The molecule has 0 unspecified atom stereocenters. The first-order valence-electron chi connectivity index (χ1n) is 12.2. The van der Waals surface area contributed by atoms with Crippen molar-refractivity contribution in [3.63, 3.8) is 0 Å². The number of carboxylic acids is 1. The van der Waals surface area contributed by atoms with E-state index in [9.17, 15) is 30.4 Å². The summed E-state index contributed by atoms with van der Waals surface area (Å²) in [6.07, 6.45) is -1.97. The van der Waals surface area contributed by atoms with Crippen LogP contribution in [0, 0.1) is 11.6 Å². The van der Waals surface area contributed by atoms with Crippen LogP contribution in [0.1, 0.15) is 0 Å². The third-order valence-electron chi connectivity index (χ3n) is 5.98. The molecular weight excluding hydrogens is 621 g/mol. The highest BCUT2D eigenvalue weighted by atomic mass is 33.1. The predicted octanol–water partition coefficient (Wildman–Crippen LogP) is 4.50. The SMILES string of the molecule is COc1ncc(-c2ccc3ncnc(N4CCNCC4)c3c2)cc1SS(=O)(=O)c1ccc(F)cc1F.O=C(O)C(F)(F)F. The number of pyridine rings is 1. The summed E-state index contributed by atoms with van der Waals surface area (Å²) in [7, 11) is -2.47. The number of piperazine rings is 1. The highest BCUT2D eigenvalue weighted by Gasteiger charge is 2.38. The number of hydrogen-bond donors (Lipinski definition) is 2. The summed E-state index contributed by atoms with van der Waals surface area (Å²) in [5.41, 5.74) is 2.19. The molecule has 0 radical (unpaired) electrons. The van der Waals surface area contributed by atoms with Crippen molar-refractivity contribution in [2.45, 2.75) is 16.0 Å². The summed E-state index contributed by atoms with van der Waals surface area (Å²) in [4.78, 5) is 23.8. The van der Waals surface area contributed by atoms with E-state index in [4.69, 9.17) is 14.6 Å². The number of aliphatic carboxylic acids is 1. The highest BCUT2D eigenvalue weighted by molar-refractivity contribution is 8.72. The molecule has 17 heteroatoms. The number of rotatable bonds is 6. The van der Waals surface area contributed by atoms with Crippen LogP contribution in [-0.4, -0.2) is 73.9 Å². The van der Waals surface area contributed by atoms with Crippen LogP contribution < -0.4 is 15.0 Å². The average molecular weight is 644 g/mol. The van der Waals surface area contributed by atoms with Crippen LogP contribution in [0.2, 0.25) is 0 Å². The van der Waals surface area contributed by atoms with Gasteiger partial charge in [0.1, 0.15) is 28.7 Å². The standard InChI is InChI=1S/C24H21F2N5O3S2.C2HF3O2/c1-34-24-21(35-36(32,33)22-5-3-17(25)12-19(22)26)11-16(13-28-24)15-2-4-20-18(10-15)23(30-14-29-20)31-8-6-27-7-9-31;3-2(4,5)1(6)7/h2-5,10-14,27H,6-9H2,1H3;(H,6,7).